The van der Waals surface area contributed by atoms with Gasteiger partial charge in [0.2, 0.25) is 11.7 Å². The molecule has 0 fully saturated rings. The second kappa shape index (κ2) is 6.24. The molecule has 2 unspecified atom stereocenters. The molecular formula is C14H18ClN3O2. The summed E-state index contributed by atoms with van der Waals surface area (Å²) in [6, 6.07) is 5.00. The molecule has 0 saturated carbocycles. The number of nitrogens with zero attached hydrogens (tertiary/aromatic N) is 2. The molecule has 0 aliphatic heterocycles. The van der Waals surface area contributed by atoms with Crippen LogP contribution in [0.3, 0.4) is 0 Å². The maximum absolute atomic E-state index is 6.09. The van der Waals surface area contributed by atoms with Crippen molar-refractivity contribution in [2.75, 3.05) is 7.11 Å². The second-order valence-electron chi connectivity index (χ2n) is 4.71. The van der Waals surface area contributed by atoms with Gasteiger partial charge in [-0.05, 0) is 24.1 Å². The van der Waals surface area contributed by atoms with Crippen molar-refractivity contribution in [3.05, 3.63) is 29.1 Å². The van der Waals surface area contributed by atoms with Crippen molar-refractivity contribution in [3.8, 4) is 17.1 Å². The monoisotopic (exact) mass is 295 g/mol. The zero-order valence-corrected chi connectivity index (χ0v) is 12.5. The molecule has 20 heavy (non-hydrogen) atoms. The molecule has 0 bridgehead atoms. The molecule has 0 saturated heterocycles. The largest absolute Gasteiger partial charge is 0.496 e. The van der Waals surface area contributed by atoms with Crippen LogP contribution in [0.2, 0.25) is 5.02 Å². The molecular weight excluding hydrogens is 278 g/mol. The van der Waals surface area contributed by atoms with Crippen LogP contribution < -0.4 is 10.5 Å². The van der Waals surface area contributed by atoms with E-state index >= 15 is 0 Å². The second-order valence-corrected chi connectivity index (χ2v) is 5.15. The number of methoxy groups -OCH3 is 1. The lowest BCUT2D eigenvalue weighted by Gasteiger charge is -2.13. The van der Waals surface area contributed by atoms with E-state index in [9.17, 15) is 0 Å². The standard InChI is InChI=1S/C14H18ClN3O2/c1-4-8(2)12(16)14-17-13(18-20-14)10-6-5-9(15)7-11(10)19-3/h5-8,12H,4,16H2,1-3H3. The van der Waals surface area contributed by atoms with Crippen molar-refractivity contribution in [3.63, 3.8) is 0 Å². The molecule has 1 aromatic carbocycles. The molecule has 2 atom stereocenters. The quantitative estimate of drug-likeness (QED) is 0.914. The summed E-state index contributed by atoms with van der Waals surface area (Å²) in [6.07, 6.45) is 0.948. The predicted octanol–water partition coefficient (Wildman–Crippen LogP) is 3.44. The fraction of sp³-hybridized carbons (Fsp3) is 0.429. The Morgan fingerprint density at radius 2 is 2.20 bits per heavy atom. The van der Waals surface area contributed by atoms with E-state index in [1.54, 1.807) is 25.3 Å². The van der Waals surface area contributed by atoms with Gasteiger partial charge in [0.05, 0.1) is 18.7 Å². The molecule has 0 aliphatic carbocycles. The number of aromatic nitrogens is 2. The minimum absolute atomic E-state index is 0.264. The topological polar surface area (TPSA) is 74.2 Å². The highest BCUT2D eigenvalue weighted by Gasteiger charge is 2.21. The van der Waals surface area contributed by atoms with Crippen LogP contribution in [-0.2, 0) is 0 Å². The fourth-order valence-electron chi connectivity index (χ4n) is 1.83. The summed E-state index contributed by atoms with van der Waals surface area (Å²) in [7, 11) is 1.57. The first-order valence-corrected chi connectivity index (χ1v) is 6.87. The van der Waals surface area contributed by atoms with Crippen molar-refractivity contribution in [1.82, 2.24) is 10.1 Å². The Bertz CT molecular complexity index is 586. The van der Waals surface area contributed by atoms with Gasteiger partial charge in [-0.25, -0.2) is 0 Å². The third-order valence-electron chi connectivity index (χ3n) is 3.39. The van der Waals surface area contributed by atoms with Crippen LogP contribution in [0.5, 0.6) is 5.75 Å². The van der Waals surface area contributed by atoms with Crippen LogP contribution in [0.25, 0.3) is 11.4 Å². The first kappa shape index (κ1) is 14.8. The fourth-order valence-corrected chi connectivity index (χ4v) is 1.99. The van der Waals surface area contributed by atoms with Crippen molar-refractivity contribution in [1.29, 1.82) is 0 Å². The predicted molar refractivity (Wildman–Crippen MR) is 77.7 cm³/mol. The third-order valence-corrected chi connectivity index (χ3v) is 3.62. The summed E-state index contributed by atoms with van der Waals surface area (Å²) in [5, 5.41) is 4.56. The molecule has 1 aromatic heterocycles. The van der Waals surface area contributed by atoms with Gasteiger partial charge in [-0.15, -0.1) is 0 Å². The normalized spacial score (nSPS) is 14.1. The zero-order chi connectivity index (χ0) is 14.7. The summed E-state index contributed by atoms with van der Waals surface area (Å²) >= 11 is 5.93. The number of ether oxygens (including phenoxy) is 1. The van der Waals surface area contributed by atoms with Gasteiger partial charge in [0, 0.05) is 5.02 Å². The Balaban J connectivity index is 2.33. The third kappa shape index (κ3) is 2.94. The average Bonchev–Trinajstić information content (AvgIpc) is 2.94. The van der Waals surface area contributed by atoms with Gasteiger partial charge in [0.15, 0.2) is 0 Å². The summed E-state index contributed by atoms with van der Waals surface area (Å²) in [5.74, 6) is 1.76. The van der Waals surface area contributed by atoms with Crippen molar-refractivity contribution < 1.29 is 9.26 Å². The number of rotatable bonds is 5. The maximum Gasteiger partial charge on any atom is 0.244 e. The highest BCUT2D eigenvalue weighted by Crippen LogP contribution is 2.31. The first-order valence-electron chi connectivity index (χ1n) is 6.49. The number of halogens is 1. The molecule has 1 heterocycles. The van der Waals surface area contributed by atoms with Gasteiger partial charge in [0.1, 0.15) is 5.75 Å². The maximum atomic E-state index is 6.09. The Hall–Kier alpha value is -1.59. The van der Waals surface area contributed by atoms with Crippen molar-refractivity contribution in [2.24, 2.45) is 11.7 Å². The van der Waals surface area contributed by atoms with E-state index in [-0.39, 0.29) is 12.0 Å². The molecule has 0 amide bonds. The lowest BCUT2D eigenvalue weighted by Crippen LogP contribution is -2.18. The molecule has 0 aliphatic rings. The molecule has 6 heteroatoms. The van der Waals surface area contributed by atoms with E-state index in [0.717, 1.165) is 12.0 Å². The van der Waals surface area contributed by atoms with E-state index in [2.05, 4.69) is 24.0 Å². The Kier molecular flexibility index (Phi) is 4.62. The highest BCUT2D eigenvalue weighted by atomic mass is 35.5. The van der Waals surface area contributed by atoms with E-state index in [1.807, 2.05) is 0 Å². The van der Waals surface area contributed by atoms with E-state index in [0.29, 0.717) is 22.5 Å². The number of hydrogen-bond acceptors (Lipinski definition) is 5. The number of benzene rings is 1. The van der Waals surface area contributed by atoms with Crippen LogP contribution in [0.15, 0.2) is 22.7 Å². The van der Waals surface area contributed by atoms with E-state index < -0.39 is 0 Å². The van der Waals surface area contributed by atoms with Crippen molar-refractivity contribution >= 4 is 11.6 Å². The van der Waals surface area contributed by atoms with E-state index in [4.69, 9.17) is 26.6 Å². The van der Waals surface area contributed by atoms with Crippen LogP contribution in [0.4, 0.5) is 0 Å². The Labute approximate surface area is 123 Å². The zero-order valence-electron chi connectivity index (χ0n) is 11.8. The number of nitrogens with two attached hydrogens (primary N) is 1. The van der Waals surface area contributed by atoms with E-state index in [1.165, 1.54) is 0 Å². The van der Waals surface area contributed by atoms with Gasteiger partial charge in [-0.1, -0.05) is 37.0 Å². The number of hydrogen-bond donors (Lipinski definition) is 1. The van der Waals surface area contributed by atoms with Crippen LogP contribution in [0, 0.1) is 5.92 Å². The van der Waals surface area contributed by atoms with Gasteiger partial charge < -0.3 is 15.0 Å². The smallest absolute Gasteiger partial charge is 0.244 e. The molecule has 0 spiro atoms. The molecule has 0 radical (unpaired) electrons. The molecule has 2 N–H and O–H groups in total. The first-order chi connectivity index (χ1) is 9.56. The SMILES string of the molecule is CCC(C)C(N)c1nc(-c2ccc(Cl)cc2OC)no1. The van der Waals surface area contributed by atoms with Gasteiger partial charge >= 0.3 is 0 Å². The molecule has 108 valence electrons. The average molecular weight is 296 g/mol. The summed E-state index contributed by atoms with van der Waals surface area (Å²) in [4.78, 5) is 4.36. The lowest BCUT2D eigenvalue weighted by atomic mass is 10.0. The van der Waals surface area contributed by atoms with Gasteiger partial charge in [0.25, 0.3) is 0 Å². The summed E-state index contributed by atoms with van der Waals surface area (Å²) in [5.41, 5.74) is 6.81. The Morgan fingerprint density at radius 1 is 1.45 bits per heavy atom. The van der Waals surface area contributed by atoms with Gasteiger partial charge in [-0.2, -0.15) is 4.98 Å². The van der Waals surface area contributed by atoms with Gasteiger partial charge in [-0.3, -0.25) is 0 Å². The van der Waals surface area contributed by atoms with Crippen LogP contribution in [-0.4, -0.2) is 17.3 Å². The molecule has 2 rings (SSSR count). The summed E-state index contributed by atoms with van der Waals surface area (Å²) in [6.45, 7) is 4.13. The molecule has 5 nitrogen and oxygen atoms in total. The highest BCUT2D eigenvalue weighted by molar-refractivity contribution is 6.30. The van der Waals surface area contributed by atoms with Crippen LogP contribution in [0.1, 0.15) is 32.2 Å². The molecule has 2 aromatic rings. The summed E-state index contributed by atoms with van der Waals surface area (Å²) < 4.78 is 10.5. The Morgan fingerprint density at radius 3 is 2.85 bits per heavy atom. The lowest BCUT2D eigenvalue weighted by molar-refractivity contribution is 0.312. The van der Waals surface area contributed by atoms with Crippen molar-refractivity contribution in [2.45, 2.75) is 26.3 Å². The minimum atomic E-state index is -0.264. The minimum Gasteiger partial charge on any atom is -0.496 e. The van der Waals surface area contributed by atoms with Crippen LogP contribution >= 0.6 is 11.6 Å².